The van der Waals surface area contributed by atoms with E-state index < -0.39 is 0 Å². The van der Waals surface area contributed by atoms with Crippen LogP contribution in [0.5, 0.6) is 5.75 Å². The monoisotopic (exact) mass is 449 g/mol. The third-order valence-electron chi connectivity index (χ3n) is 6.25. The zero-order valence-corrected chi connectivity index (χ0v) is 19.1. The van der Waals surface area contributed by atoms with Gasteiger partial charge in [-0.1, -0.05) is 91.0 Å². The molecule has 0 saturated carbocycles. The van der Waals surface area contributed by atoms with Crippen LogP contribution in [0.1, 0.15) is 40.6 Å². The van der Waals surface area contributed by atoms with Gasteiger partial charge in [-0.2, -0.15) is 0 Å². The predicted octanol–water partition coefficient (Wildman–Crippen LogP) is 6.82. The van der Waals surface area contributed by atoms with E-state index in [-0.39, 0.29) is 23.8 Å². The number of nitrogens with zero attached hydrogens (tertiary/aromatic N) is 1. The number of carbonyl (C=O) groups is 1. The fraction of sp³-hybridized carbons (Fsp3) is 0.167. The summed E-state index contributed by atoms with van der Waals surface area (Å²) in [4.78, 5) is 18.8. The molecule has 3 atom stereocenters. The van der Waals surface area contributed by atoms with Crippen molar-refractivity contribution in [2.75, 3.05) is 11.7 Å². The second-order valence-electron chi connectivity index (χ2n) is 8.48. The van der Waals surface area contributed by atoms with Crippen molar-refractivity contribution < 1.29 is 14.4 Å². The number of hydrogen-bond acceptors (Lipinski definition) is 4. The van der Waals surface area contributed by atoms with Gasteiger partial charge in [-0.15, -0.1) is 0 Å². The molecule has 4 aromatic rings. The standard InChI is InChI=1S/C30H27NO3/c1-22(32)26-19-11-12-20-28(26)33-21-27-29(23-13-5-2-6-14-23)31(25-17-9-4-10-18-25)34-30(27)24-15-7-3-8-16-24/h2-20,27,29-30H,21H2,1H3/t27-,29-,30+/m1/s1. The Bertz CT molecular complexity index is 1230. The maximum atomic E-state index is 12.2. The smallest absolute Gasteiger partial charge is 0.163 e. The second kappa shape index (κ2) is 9.94. The van der Waals surface area contributed by atoms with Crippen LogP contribution in [0.3, 0.4) is 0 Å². The Balaban J connectivity index is 1.56. The number of rotatable bonds is 7. The van der Waals surface area contributed by atoms with Gasteiger partial charge in [0.05, 0.1) is 29.8 Å². The van der Waals surface area contributed by atoms with E-state index in [1.54, 1.807) is 6.92 Å². The number of anilines is 1. The summed E-state index contributed by atoms with van der Waals surface area (Å²) in [6, 6.07) is 38.2. The summed E-state index contributed by atoms with van der Waals surface area (Å²) in [6.45, 7) is 1.96. The number of hydrogen-bond donors (Lipinski definition) is 0. The minimum Gasteiger partial charge on any atom is -0.492 e. The van der Waals surface area contributed by atoms with Crippen LogP contribution >= 0.6 is 0 Å². The molecule has 5 rings (SSSR count). The van der Waals surface area contributed by atoms with Crippen molar-refractivity contribution in [2.45, 2.75) is 19.1 Å². The van der Waals surface area contributed by atoms with Crippen LogP contribution in [0.15, 0.2) is 115 Å². The van der Waals surface area contributed by atoms with Gasteiger partial charge in [0.15, 0.2) is 5.78 Å². The average Bonchev–Trinajstić information content (AvgIpc) is 3.28. The Morgan fingerprint density at radius 2 is 1.32 bits per heavy atom. The molecule has 0 N–H and O–H groups in total. The molecule has 1 aliphatic heterocycles. The molecule has 4 nitrogen and oxygen atoms in total. The predicted molar refractivity (Wildman–Crippen MR) is 134 cm³/mol. The quantitative estimate of drug-likeness (QED) is 0.290. The molecule has 1 aliphatic rings. The fourth-order valence-corrected chi connectivity index (χ4v) is 4.63. The molecule has 34 heavy (non-hydrogen) atoms. The Morgan fingerprint density at radius 1 is 0.765 bits per heavy atom. The maximum absolute atomic E-state index is 12.2. The molecule has 0 radical (unpaired) electrons. The van der Waals surface area contributed by atoms with Crippen LogP contribution in [-0.2, 0) is 4.84 Å². The van der Waals surface area contributed by atoms with E-state index in [1.807, 2.05) is 71.8 Å². The molecule has 4 aromatic carbocycles. The van der Waals surface area contributed by atoms with E-state index in [9.17, 15) is 4.79 Å². The highest BCUT2D eigenvalue weighted by molar-refractivity contribution is 5.96. The van der Waals surface area contributed by atoms with Gasteiger partial charge in [0.25, 0.3) is 0 Å². The molecule has 1 fully saturated rings. The molecule has 4 heteroatoms. The second-order valence-corrected chi connectivity index (χ2v) is 8.48. The van der Waals surface area contributed by atoms with E-state index in [4.69, 9.17) is 9.57 Å². The van der Waals surface area contributed by atoms with E-state index >= 15 is 0 Å². The summed E-state index contributed by atoms with van der Waals surface area (Å²) < 4.78 is 6.34. The summed E-state index contributed by atoms with van der Waals surface area (Å²) in [5.74, 6) is 0.570. The topological polar surface area (TPSA) is 38.8 Å². The Morgan fingerprint density at radius 3 is 1.97 bits per heavy atom. The third kappa shape index (κ3) is 4.45. The molecular formula is C30H27NO3. The third-order valence-corrected chi connectivity index (χ3v) is 6.25. The van der Waals surface area contributed by atoms with Crippen molar-refractivity contribution >= 4 is 11.5 Å². The number of ketones is 1. The lowest BCUT2D eigenvalue weighted by molar-refractivity contribution is 0.0584. The van der Waals surface area contributed by atoms with Gasteiger partial charge >= 0.3 is 0 Å². The maximum Gasteiger partial charge on any atom is 0.163 e. The van der Waals surface area contributed by atoms with E-state index in [1.165, 1.54) is 0 Å². The molecule has 0 spiro atoms. The Hall–Kier alpha value is -3.89. The van der Waals surface area contributed by atoms with Gasteiger partial charge in [-0.25, -0.2) is 5.06 Å². The van der Waals surface area contributed by atoms with Crippen LogP contribution in [0.25, 0.3) is 0 Å². The summed E-state index contributed by atoms with van der Waals surface area (Å²) in [7, 11) is 0. The first kappa shape index (κ1) is 21.9. The van der Waals surface area contributed by atoms with Gasteiger partial charge in [0.1, 0.15) is 11.9 Å². The highest BCUT2D eigenvalue weighted by atomic mass is 16.7. The molecule has 1 saturated heterocycles. The van der Waals surface area contributed by atoms with Gasteiger partial charge in [0, 0.05) is 0 Å². The minimum atomic E-state index is -0.212. The largest absolute Gasteiger partial charge is 0.492 e. The molecular weight excluding hydrogens is 422 g/mol. The van der Waals surface area contributed by atoms with Crippen molar-refractivity contribution in [3.05, 3.63) is 132 Å². The van der Waals surface area contributed by atoms with Gasteiger partial charge in [0.2, 0.25) is 0 Å². The lowest BCUT2D eigenvalue weighted by atomic mass is 9.87. The number of para-hydroxylation sites is 2. The molecule has 0 aromatic heterocycles. The SMILES string of the molecule is CC(=O)c1ccccc1OC[C@@H]1[C@@H](c2ccccc2)N(c2ccccc2)O[C@H]1c1ccccc1. The average molecular weight is 450 g/mol. The van der Waals surface area contributed by atoms with Crippen molar-refractivity contribution in [2.24, 2.45) is 5.92 Å². The van der Waals surface area contributed by atoms with Crippen LogP contribution in [0.4, 0.5) is 5.69 Å². The first-order valence-corrected chi connectivity index (χ1v) is 11.6. The molecule has 0 bridgehead atoms. The summed E-state index contributed by atoms with van der Waals surface area (Å²) in [6.07, 6.45) is -0.212. The zero-order chi connectivity index (χ0) is 23.3. The van der Waals surface area contributed by atoms with Gasteiger partial charge in [-0.05, 0) is 42.3 Å². The van der Waals surface area contributed by atoms with E-state index in [0.29, 0.717) is 17.9 Å². The Kier molecular flexibility index (Phi) is 6.41. The number of benzene rings is 4. The van der Waals surface area contributed by atoms with Crippen molar-refractivity contribution in [1.29, 1.82) is 0 Å². The number of Topliss-reactive ketones (excluding diaryl/α,β-unsaturated/α-hetero) is 1. The zero-order valence-electron chi connectivity index (χ0n) is 19.1. The fourth-order valence-electron chi connectivity index (χ4n) is 4.63. The van der Waals surface area contributed by atoms with Crippen molar-refractivity contribution in [3.8, 4) is 5.75 Å². The van der Waals surface area contributed by atoms with Crippen LogP contribution in [0, 0.1) is 5.92 Å². The molecule has 0 unspecified atom stereocenters. The van der Waals surface area contributed by atoms with E-state index in [0.717, 1.165) is 16.8 Å². The van der Waals surface area contributed by atoms with Crippen molar-refractivity contribution in [1.82, 2.24) is 0 Å². The molecule has 0 aliphatic carbocycles. The van der Waals surface area contributed by atoms with Gasteiger partial charge < -0.3 is 4.74 Å². The van der Waals surface area contributed by atoms with Crippen LogP contribution in [-0.4, -0.2) is 12.4 Å². The number of hydroxylamine groups is 1. The number of carbonyl (C=O) groups excluding carboxylic acids is 1. The van der Waals surface area contributed by atoms with E-state index in [2.05, 4.69) is 48.5 Å². The molecule has 1 heterocycles. The highest BCUT2D eigenvalue weighted by Gasteiger charge is 2.45. The normalized spacial score (nSPS) is 19.7. The van der Waals surface area contributed by atoms with Crippen LogP contribution in [0.2, 0.25) is 0 Å². The number of ether oxygens (including phenoxy) is 1. The Labute approximate surface area is 200 Å². The first-order valence-electron chi connectivity index (χ1n) is 11.6. The minimum absolute atomic E-state index is 0.0107. The lowest BCUT2D eigenvalue weighted by Gasteiger charge is -2.27. The van der Waals surface area contributed by atoms with Gasteiger partial charge in [-0.3, -0.25) is 9.63 Å². The first-order chi connectivity index (χ1) is 16.7. The van der Waals surface area contributed by atoms with Crippen molar-refractivity contribution in [3.63, 3.8) is 0 Å². The molecule has 0 amide bonds. The summed E-state index contributed by atoms with van der Waals surface area (Å²) >= 11 is 0. The highest BCUT2D eigenvalue weighted by Crippen LogP contribution is 2.48. The molecule has 170 valence electrons. The van der Waals surface area contributed by atoms with Crippen LogP contribution < -0.4 is 9.80 Å². The summed E-state index contributed by atoms with van der Waals surface area (Å²) in [5.41, 5.74) is 3.83. The lowest BCUT2D eigenvalue weighted by Crippen LogP contribution is -2.27. The summed E-state index contributed by atoms with van der Waals surface area (Å²) in [5, 5.41) is 2.01.